The van der Waals surface area contributed by atoms with Crippen LogP contribution in [0.3, 0.4) is 0 Å². The van der Waals surface area contributed by atoms with Crippen LogP contribution in [0.25, 0.3) is 0 Å². The van der Waals surface area contributed by atoms with Crippen molar-refractivity contribution in [2.24, 2.45) is 23.7 Å². The van der Waals surface area contributed by atoms with Crippen molar-refractivity contribution in [2.45, 2.75) is 66.7 Å². The molecule has 1 fully saturated rings. The molecule has 1 nitrogen and oxygen atoms in total. The van der Waals surface area contributed by atoms with Crippen molar-refractivity contribution in [2.75, 3.05) is 19.6 Å². The molecule has 0 bridgehead atoms. The van der Waals surface area contributed by atoms with Gasteiger partial charge in [0, 0.05) is 6.54 Å². The van der Waals surface area contributed by atoms with Crippen molar-refractivity contribution >= 4 is 0 Å². The number of nitrogens with zero attached hydrogens (tertiary/aromatic N) is 1. The number of likely N-dealkylation sites (tertiary alicyclic amines) is 1. The molecule has 0 aliphatic carbocycles. The van der Waals surface area contributed by atoms with Crippen LogP contribution < -0.4 is 0 Å². The van der Waals surface area contributed by atoms with Gasteiger partial charge in [-0.3, -0.25) is 0 Å². The quantitative estimate of drug-likeness (QED) is 0.656. The summed E-state index contributed by atoms with van der Waals surface area (Å²) in [6.07, 6.45) is 7.14. The fourth-order valence-corrected chi connectivity index (χ4v) is 3.34. The zero-order chi connectivity index (χ0) is 13.5. The summed E-state index contributed by atoms with van der Waals surface area (Å²) in [5.41, 5.74) is 0. The highest BCUT2D eigenvalue weighted by Gasteiger charge is 2.20. The largest absolute Gasteiger partial charge is 0.303 e. The highest BCUT2D eigenvalue weighted by molar-refractivity contribution is 4.71. The van der Waals surface area contributed by atoms with Crippen LogP contribution in [0.5, 0.6) is 0 Å². The van der Waals surface area contributed by atoms with Gasteiger partial charge in [0.15, 0.2) is 0 Å². The molecule has 3 atom stereocenters. The summed E-state index contributed by atoms with van der Waals surface area (Å²) in [4.78, 5) is 2.71. The Morgan fingerprint density at radius 3 is 1.89 bits per heavy atom. The minimum Gasteiger partial charge on any atom is -0.303 e. The molecule has 1 aliphatic heterocycles. The fraction of sp³-hybridized carbons (Fsp3) is 1.00. The van der Waals surface area contributed by atoms with Gasteiger partial charge in [0.1, 0.15) is 0 Å². The van der Waals surface area contributed by atoms with Crippen molar-refractivity contribution in [3.8, 4) is 0 Å². The summed E-state index contributed by atoms with van der Waals surface area (Å²) >= 11 is 0. The third-order valence-corrected chi connectivity index (χ3v) is 4.99. The highest BCUT2D eigenvalue weighted by atomic mass is 15.1. The molecule has 0 aromatic carbocycles. The molecule has 108 valence electrons. The molecule has 0 radical (unpaired) electrons. The van der Waals surface area contributed by atoms with Gasteiger partial charge in [-0.05, 0) is 56.0 Å². The normalized spacial score (nSPS) is 23.7. The van der Waals surface area contributed by atoms with Crippen LogP contribution >= 0.6 is 0 Å². The van der Waals surface area contributed by atoms with Crippen molar-refractivity contribution < 1.29 is 0 Å². The standard InChI is InChI=1S/C17H35N/c1-14(2)17(5)16(4)12-15(3)13-18-10-8-6-7-9-11-18/h14-17H,6-13H2,1-5H3. The average molecular weight is 253 g/mol. The smallest absolute Gasteiger partial charge is 0.000712 e. The summed E-state index contributed by atoms with van der Waals surface area (Å²) in [7, 11) is 0. The number of rotatable bonds is 6. The zero-order valence-electron chi connectivity index (χ0n) is 13.4. The summed E-state index contributed by atoms with van der Waals surface area (Å²) in [6, 6.07) is 0. The van der Waals surface area contributed by atoms with Crippen LogP contribution in [0.4, 0.5) is 0 Å². The van der Waals surface area contributed by atoms with E-state index in [9.17, 15) is 0 Å². The first-order valence-electron chi connectivity index (χ1n) is 8.23. The first-order chi connectivity index (χ1) is 8.50. The maximum Gasteiger partial charge on any atom is 0.000712 e. The summed E-state index contributed by atoms with van der Waals surface area (Å²) < 4.78 is 0. The van der Waals surface area contributed by atoms with Gasteiger partial charge in [-0.25, -0.2) is 0 Å². The first-order valence-corrected chi connectivity index (χ1v) is 8.23. The van der Waals surface area contributed by atoms with E-state index in [1.165, 1.54) is 51.7 Å². The van der Waals surface area contributed by atoms with Gasteiger partial charge >= 0.3 is 0 Å². The summed E-state index contributed by atoms with van der Waals surface area (Å²) in [5, 5.41) is 0. The molecule has 0 amide bonds. The zero-order valence-corrected chi connectivity index (χ0v) is 13.4. The Labute approximate surface area is 115 Å². The van der Waals surface area contributed by atoms with Crippen LogP contribution in [0.2, 0.25) is 0 Å². The van der Waals surface area contributed by atoms with E-state index in [1.807, 2.05) is 0 Å². The lowest BCUT2D eigenvalue weighted by molar-refractivity contribution is 0.198. The van der Waals surface area contributed by atoms with Gasteiger partial charge in [0.25, 0.3) is 0 Å². The van der Waals surface area contributed by atoms with E-state index in [0.29, 0.717) is 0 Å². The lowest BCUT2D eigenvalue weighted by Gasteiger charge is -2.29. The molecule has 0 aromatic rings. The Morgan fingerprint density at radius 1 is 0.833 bits per heavy atom. The molecule has 3 unspecified atom stereocenters. The number of hydrogen-bond acceptors (Lipinski definition) is 1. The summed E-state index contributed by atoms with van der Waals surface area (Å²) in [6.45, 7) is 16.1. The molecule has 1 saturated heterocycles. The SMILES string of the molecule is CC(CC(C)C(C)C(C)C)CN1CCCCCC1. The van der Waals surface area contributed by atoms with Gasteiger partial charge in [-0.2, -0.15) is 0 Å². The molecule has 1 heteroatoms. The van der Waals surface area contributed by atoms with Gasteiger partial charge in [-0.1, -0.05) is 47.5 Å². The average Bonchev–Trinajstić information content (AvgIpc) is 2.56. The van der Waals surface area contributed by atoms with E-state index in [0.717, 1.165) is 23.7 Å². The lowest BCUT2D eigenvalue weighted by atomic mass is 9.81. The van der Waals surface area contributed by atoms with E-state index >= 15 is 0 Å². The second-order valence-corrected chi connectivity index (χ2v) is 7.14. The molecule has 1 rings (SSSR count). The topological polar surface area (TPSA) is 3.24 Å². The van der Waals surface area contributed by atoms with Gasteiger partial charge in [0.05, 0.1) is 0 Å². The molecule has 0 spiro atoms. The van der Waals surface area contributed by atoms with Crippen molar-refractivity contribution in [1.82, 2.24) is 4.90 Å². The van der Waals surface area contributed by atoms with Crippen LogP contribution in [-0.2, 0) is 0 Å². The van der Waals surface area contributed by atoms with E-state index < -0.39 is 0 Å². The second-order valence-electron chi connectivity index (χ2n) is 7.14. The number of hydrogen-bond donors (Lipinski definition) is 0. The second kappa shape index (κ2) is 8.19. The molecular formula is C17H35N. The van der Waals surface area contributed by atoms with Crippen LogP contribution in [-0.4, -0.2) is 24.5 Å². The van der Waals surface area contributed by atoms with Crippen molar-refractivity contribution in [3.63, 3.8) is 0 Å². The van der Waals surface area contributed by atoms with E-state index in [2.05, 4.69) is 39.5 Å². The maximum atomic E-state index is 2.71. The molecule has 0 aromatic heterocycles. The van der Waals surface area contributed by atoms with Gasteiger partial charge in [-0.15, -0.1) is 0 Å². The van der Waals surface area contributed by atoms with E-state index in [1.54, 1.807) is 0 Å². The minimum atomic E-state index is 0.824. The Morgan fingerprint density at radius 2 is 1.39 bits per heavy atom. The maximum absolute atomic E-state index is 2.71. The monoisotopic (exact) mass is 253 g/mol. The molecule has 1 aliphatic rings. The van der Waals surface area contributed by atoms with Crippen LogP contribution in [0.1, 0.15) is 66.7 Å². The van der Waals surface area contributed by atoms with Crippen molar-refractivity contribution in [3.05, 3.63) is 0 Å². The molecular weight excluding hydrogens is 218 g/mol. The first kappa shape index (κ1) is 16.0. The van der Waals surface area contributed by atoms with Crippen LogP contribution in [0, 0.1) is 23.7 Å². The lowest BCUT2D eigenvalue weighted by Crippen LogP contribution is -2.31. The Bertz CT molecular complexity index is 200. The van der Waals surface area contributed by atoms with Gasteiger partial charge in [0.2, 0.25) is 0 Å². The Hall–Kier alpha value is -0.0400. The predicted octanol–water partition coefficient (Wildman–Crippen LogP) is 4.82. The third-order valence-electron chi connectivity index (χ3n) is 4.99. The third kappa shape index (κ3) is 5.73. The fourth-order valence-electron chi connectivity index (χ4n) is 3.34. The molecule has 18 heavy (non-hydrogen) atoms. The Balaban J connectivity index is 2.29. The summed E-state index contributed by atoms with van der Waals surface area (Å²) in [5.74, 6) is 3.41. The minimum absolute atomic E-state index is 0.824. The predicted molar refractivity (Wildman–Crippen MR) is 81.9 cm³/mol. The molecule has 0 N–H and O–H groups in total. The van der Waals surface area contributed by atoms with E-state index in [4.69, 9.17) is 0 Å². The highest BCUT2D eigenvalue weighted by Crippen LogP contribution is 2.26. The molecule has 0 saturated carbocycles. The van der Waals surface area contributed by atoms with E-state index in [-0.39, 0.29) is 0 Å². The van der Waals surface area contributed by atoms with Crippen LogP contribution in [0.15, 0.2) is 0 Å². The molecule has 1 heterocycles. The Kier molecular flexibility index (Phi) is 7.29. The van der Waals surface area contributed by atoms with Gasteiger partial charge < -0.3 is 4.90 Å². The van der Waals surface area contributed by atoms with Crippen molar-refractivity contribution in [1.29, 1.82) is 0 Å².